The fourth-order valence-corrected chi connectivity index (χ4v) is 2.29. The van der Waals surface area contributed by atoms with E-state index in [2.05, 4.69) is 20.9 Å². The third-order valence-corrected chi connectivity index (χ3v) is 3.74. The number of imidazole rings is 1. The molecule has 0 aliphatic carbocycles. The van der Waals surface area contributed by atoms with Crippen LogP contribution < -0.4 is 0 Å². The predicted molar refractivity (Wildman–Crippen MR) is 71.3 cm³/mol. The standard InChI is InChI=1S/C13H11BrN2O2/c1-8-5-12-15-13(11-3-2-4-18-11)10(7-17)16(12)6-9(8)14/h2-6,17H,7H2,1H3. The molecule has 0 bridgehead atoms. The maximum Gasteiger partial charge on any atom is 0.154 e. The highest BCUT2D eigenvalue weighted by Gasteiger charge is 2.16. The minimum atomic E-state index is -0.0906. The van der Waals surface area contributed by atoms with Gasteiger partial charge in [-0.2, -0.15) is 0 Å². The Labute approximate surface area is 112 Å². The van der Waals surface area contributed by atoms with E-state index in [1.54, 1.807) is 6.26 Å². The summed E-state index contributed by atoms with van der Waals surface area (Å²) in [7, 11) is 0. The van der Waals surface area contributed by atoms with Crippen molar-refractivity contribution in [1.82, 2.24) is 9.38 Å². The van der Waals surface area contributed by atoms with Gasteiger partial charge in [0.2, 0.25) is 0 Å². The quantitative estimate of drug-likeness (QED) is 0.791. The molecule has 18 heavy (non-hydrogen) atoms. The van der Waals surface area contributed by atoms with Gasteiger partial charge in [0.1, 0.15) is 11.3 Å². The van der Waals surface area contributed by atoms with Gasteiger partial charge in [0.25, 0.3) is 0 Å². The Morgan fingerprint density at radius 2 is 2.33 bits per heavy atom. The summed E-state index contributed by atoms with van der Waals surface area (Å²) in [5, 5.41) is 9.55. The number of pyridine rings is 1. The topological polar surface area (TPSA) is 50.7 Å². The van der Waals surface area contributed by atoms with Crippen molar-refractivity contribution in [1.29, 1.82) is 0 Å². The van der Waals surface area contributed by atoms with Crippen molar-refractivity contribution < 1.29 is 9.52 Å². The first-order valence-electron chi connectivity index (χ1n) is 5.52. The van der Waals surface area contributed by atoms with Gasteiger partial charge < -0.3 is 9.52 Å². The molecule has 0 aliphatic heterocycles. The fraction of sp³-hybridized carbons (Fsp3) is 0.154. The second-order valence-electron chi connectivity index (χ2n) is 4.08. The lowest BCUT2D eigenvalue weighted by molar-refractivity contribution is 0.276. The van der Waals surface area contributed by atoms with Crippen LogP contribution in [0.1, 0.15) is 11.3 Å². The number of rotatable bonds is 2. The first kappa shape index (κ1) is 11.5. The van der Waals surface area contributed by atoms with E-state index in [0.717, 1.165) is 21.4 Å². The summed E-state index contributed by atoms with van der Waals surface area (Å²) in [6.45, 7) is 1.91. The first-order chi connectivity index (χ1) is 8.70. The molecule has 3 rings (SSSR count). The van der Waals surface area contributed by atoms with Gasteiger partial charge in [0, 0.05) is 10.7 Å². The van der Waals surface area contributed by atoms with Crippen molar-refractivity contribution in [3.63, 3.8) is 0 Å². The van der Waals surface area contributed by atoms with Crippen LogP contribution >= 0.6 is 15.9 Å². The molecule has 0 atom stereocenters. The average molecular weight is 307 g/mol. The molecule has 0 radical (unpaired) electrons. The zero-order chi connectivity index (χ0) is 12.7. The maximum atomic E-state index is 9.55. The molecule has 0 fully saturated rings. The van der Waals surface area contributed by atoms with Crippen LogP contribution in [-0.4, -0.2) is 14.5 Å². The van der Waals surface area contributed by atoms with Crippen LogP contribution in [0.4, 0.5) is 0 Å². The second-order valence-corrected chi connectivity index (χ2v) is 4.93. The van der Waals surface area contributed by atoms with E-state index in [0.29, 0.717) is 11.5 Å². The summed E-state index contributed by atoms with van der Waals surface area (Å²) in [6.07, 6.45) is 3.51. The molecule has 0 saturated carbocycles. The van der Waals surface area contributed by atoms with Gasteiger partial charge in [0.15, 0.2) is 5.76 Å². The van der Waals surface area contributed by atoms with E-state index in [-0.39, 0.29) is 6.61 Å². The average Bonchev–Trinajstić information content (AvgIpc) is 2.96. The summed E-state index contributed by atoms with van der Waals surface area (Å²) in [5.41, 5.74) is 3.30. The Balaban J connectivity index is 2.33. The van der Waals surface area contributed by atoms with Crippen LogP contribution in [0.15, 0.2) is 39.5 Å². The molecule has 4 nitrogen and oxygen atoms in total. The van der Waals surface area contributed by atoms with Crippen LogP contribution in [0.5, 0.6) is 0 Å². The molecule has 3 aromatic heterocycles. The van der Waals surface area contributed by atoms with Gasteiger partial charge in [0.05, 0.1) is 18.6 Å². The Hall–Kier alpha value is -1.59. The number of nitrogens with zero attached hydrogens (tertiary/aromatic N) is 2. The van der Waals surface area contributed by atoms with Crippen LogP contribution in [0, 0.1) is 6.92 Å². The first-order valence-corrected chi connectivity index (χ1v) is 6.32. The van der Waals surface area contributed by atoms with Gasteiger partial charge in [-0.25, -0.2) is 4.98 Å². The lowest BCUT2D eigenvalue weighted by Gasteiger charge is -2.02. The number of aliphatic hydroxyl groups excluding tert-OH is 1. The van der Waals surface area contributed by atoms with E-state index in [4.69, 9.17) is 4.42 Å². The van der Waals surface area contributed by atoms with Crippen molar-refractivity contribution in [2.75, 3.05) is 0 Å². The minimum absolute atomic E-state index is 0.0906. The largest absolute Gasteiger partial charge is 0.463 e. The summed E-state index contributed by atoms with van der Waals surface area (Å²) in [5.74, 6) is 0.663. The molecule has 0 saturated heterocycles. The lowest BCUT2D eigenvalue weighted by Crippen LogP contribution is -1.94. The molecule has 0 spiro atoms. The summed E-state index contributed by atoms with van der Waals surface area (Å²) < 4.78 is 8.20. The molecule has 92 valence electrons. The van der Waals surface area contributed by atoms with Crippen LogP contribution in [0.2, 0.25) is 0 Å². The van der Waals surface area contributed by atoms with Gasteiger partial charge in [-0.15, -0.1) is 0 Å². The van der Waals surface area contributed by atoms with E-state index < -0.39 is 0 Å². The zero-order valence-corrected chi connectivity index (χ0v) is 11.3. The highest BCUT2D eigenvalue weighted by molar-refractivity contribution is 9.10. The number of hydrogen-bond acceptors (Lipinski definition) is 3. The maximum absolute atomic E-state index is 9.55. The number of furan rings is 1. The molecule has 0 amide bonds. The molecule has 5 heteroatoms. The third kappa shape index (κ3) is 1.67. The monoisotopic (exact) mass is 306 g/mol. The van der Waals surface area contributed by atoms with Gasteiger partial charge in [-0.1, -0.05) is 0 Å². The molecule has 0 aromatic carbocycles. The van der Waals surface area contributed by atoms with Gasteiger partial charge in [-0.05, 0) is 46.6 Å². The minimum Gasteiger partial charge on any atom is -0.463 e. The number of aromatic nitrogens is 2. The molecule has 0 unspecified atom stereocenters. The fourth-order valence-electron chi connectivity index (χ4n) is 1.97. The number of aryl methyl sites for hydroxylation is 1. The summed E-state index contributed by atoms with van der Waals surface area (Å²) >= 11 is 3.48. The molecule has 0 aliphatic rings. The lowest BCUT2D eigenvalue weighted by atomic mass is 10.2. The van der Waals surface area contributed by atoms with Crippen molar-refractivity contribution in [3.05, 3.63) is 46.4 Å². The summed E-state index contributed by atoms with van der Waals surface area (Å²) in [6, 6.07) is 5.61. The van der Waals surface area contributed by atoms with E-state index >= 15 is 0 Å². The predicted octanol–water partition coefficient (Wildman–Crippen LogP) is 3.16. The zero-order valence-electron chi connectivity index (χ0n) is 9.72. The van der Waals surface area contributed by atoms with Crippen molar-refractivity contribution in [2.45, 2.75) is 13.5 Å². The number of fused-ring (bicyclic) bond motifs is 1. The van der Waals surface area contributed by atoms with Gasteiger partial charge in [-0.3, -0.25) is 4.40 Å². The molecule has 1 N–H and O–H groups in total. The van der Waals surface area contributed by atoms with Gasteiger partial charge >= 0.3 is 0 Å². The Morgan fingerprint density at radius 1 is 1.50 bits per heavy atom. The van der Waals surface area contributed by atoms with E-state index in [1.165, 1.54) is 0 Å². The highest BCUT2D eigenvalue weighted by atomic mass is 79.9. The summed E-state index contributed by atoms with van der Waals surface area (Å²) in [4.78, 5) is 4.52. The molecular weight excluding hydrogens is 296 g/mol. The number of halogens is 1. The highest BCUT2D eigenvalue weighted by Crippen LogP contribution is 2.27. The number of aliphatic hydroxyl groups is 1. The normalized spacial score (nSPS) is 11.3. The van der Waals surface area contributed by atoms with Crippen LogP contribution in [-0.2, 0) is 6.61 Å². The van der Waals surface area contributed by atoms with Crippen molar-refractivity contribution in [3.8, 4) is 11.5 Å². The molecule has 3 aromatic rings. The van der Waals surface area contributed by atoms with Crippen molar-refractivity contribution >= 4 is 21.6 Å². The second kappa shape index (κ2) is 4.26. The number of hydrogen-bond donors (Lipinski definition) is 1. The van der Waals surface area contributed by atoms with E-state index in [9.17, 15) is 5.11 Å². The van der Waals surface area contributed by atoms with E-state index in [1.807, 2.05) is 35.7 Å². The third-order valence-electron chi connectivity index (χ3n) is 2.91. The van der Waals surface area contributed by atoms with Crippen molar-refractivity contribution in [2.24, 2.45) is 0 Å². The molecular formula is C13H11BrN2O2. The Kier molecular flexibility index (Phi) is 2.72. The van der Waals surface area contributed by atoms with Crippen LogP contribution in [0.3, 0.4) is 0 Å². The smallest absolute Gasteiger partial charge is 0.154 e. The van der Waals surface area contributed by atoms with Crippen LogP contribution in [0.25, 0.3) is 17.1 Å². The Morgan fingerprint density at radius 3 is 3.00 bits per heavy atom. The Bertz CT molecular complexity index is 701. The SMILES string of the molecule is Cc1cc2nc(-c3ccco3)c(CO)n2cc1Br. The molecule has 3 heterocycles.